The van der Waals surface area contributed by atoms with Gasteiger partial charge >= 0.3 is 5.97 Å². The molecular formula is C13H12N2O2. The number of hydrogen-bond acceptors (Lipinski definition) is 4. The number of nitrogens with zero attached hydrogens (tertiary/aromatic N) is 2. The first-order valence-electron chi connectivity index (χ1n) is 4.91. The molecule has 0 aliphatic rings. The molecule has 0 aliphatic carbocycles. The lowest BCUT2D eigenvalue weighted by molar-refractivity contribution is -0.130. The van der Waals surface area contributed by atoms with Crippen molar-refractivity contribution < 1.29 is 9.53 Å². The van der Waals surface area contributed by atoms with E-state index in [1.54, 1.807) is 31.2 Å². The minimum Gasteiger partial charge on any atom is -0.423 e. The molecule has 0 heterocycles. The van der Waals surface area contributed by atoms with Crippen LogP contribution in [0.2, 0.25) is 0 Å². The Morgan fingerprint density at radius 3 is 2.47 bits per heavy atom. The van der Waals surface area contributed by atoms with Crippen LogP contribution in [0.1, 0.15) is 18.5 Å². The third-order valence-corrected chi connectivity index (χ3v) is 2.06. The Balaban J connectivity index is 2.82. The summed E-state index contributed by atoms with van der Waals surface area (Å²) in [7, 11) is 0. The van der Waals surface area contributed by atoms with E-state index in [1.807, 2.05) is 6.07 Å². The summed E-state index contributed by atoms with van der Waals surface area (Å²) in [6, 6.07) is 7.95. The van der Waals surface area contributed by atoms with Gasteiger partial charge in [0.05, 0.1) is 6.07 Å². The monoisotopic (exact) mass is 228 g/mol. The molecule has 0 aliphatic heterocycles. The predicted octanol–water partition coefficient (Wildman–Crippen LogP) is 2.43. The quantitative estimate of drug-likeness (QED) is 0.344. The molecule has 86 valence electrons. The molecule has 0 bridgehead atoms. The number of ether oxygens (including phenoxy) is 1. The number of esters is 1. The molecule has 0 saturated heterocycles. The third kappa shape index (κ3) is 3.28. The van der Waals surface area contributed by atoms with Gasteiger partial charge in [-0.25, -0.2) is 4.79 Å². The second-order valence-corrected chi connectivity index (χ2v) is 3.45. The van der Waals surface area contributed by atoms with Gasteiger partial charge in [0.2, 0.25) is 0 Å². The Labute approximate surface area is 99.9 Å². The highest BCUT2D eigenvalue weighted by molar-refractivity contribution is 5.88. The third-order valence-electron chi connectivity index (χ3n) is 2.06. The normalized spacial score (nSPS) is 11.1. The number of benzene rings is 1. The van der Waals surface area contributed by atoms with Crippen LogP contribution in [0, 0.1) is 11.3 Å². The topological polar surface area (TPSA) is 62.4 Å². The first-order valence-corrected chi connectivity index (χ1v) is 4.91. The van der Waals surface area contributed by atoms with Gasteiger partial charge in [0, 0.05) is 5.57 Å². The molecule has 4 nitrogen and oxygen atoms in total. The van der Waals surface area contributed by atoms with E-state index in [9.17, 15) is 4.79 Å². The van der Waals surface area contributed by atoms with Crippen LogP contribution in [0.15, 0.2) is 41.4 Å². The van der Waals surface area contributed by atoms with Crippen LogP contribution in [-0.4, -0.2) is 12.7 Å². The van der Waals surface area contributed by atoms with Crippen molar-refractivity contribution >= 4 is 12.7 Å². The molecule has 0 spiro atoms. The SMILES string of the molecule is C=NC(C#N)c1ccc(OC(=O)C(=C)C)cc1. The minimum absolute atomic E-state index is 0.330. The van der Waals surface area contributed by atoms with Crippen LogP contribution in [0.4, 0.5) is 0 Å². The second kappa shape index (κ2) is 5.61. The standard InChI is InChI=1S/C13H12N2O2/c1-9(2)13(16)17-11-6-4-10(5-7-11)12(8-14)15-3/h4-7,12H,1,3H2,2H3. The summed E-state index contributed by atoms with van der Waals surface area (Å²) < 4.78 is 5.01. The first-order chi connectivity index (χ1) is 8.08. The van der Waals surface area contributed by atoms with Crippen molar-refractivity contribution in [3.63, 3.8) is 0 Å². The number of carbonyl (C=O) groups excluding carboxylic acids is 1. The van der Waals surface area contributed by atoms with Gasteiger partial charge in [-0.3, -0.25) is 4.99 Å². The smallest absolute Gasteiger partial charge is 0.338 e. The minimum atomic E-state index is -0.596. The Kier molecular flexibility index (Phi) is 4.18. The summed E-state index contributed by atoms with van der Waals surface area (Å²) in [4.78, 5) is 14.9. The fourth-order valence-corrected chi connectivity index (χ4v) is 1.13. The van der Waals surface area contributed by atoms with E-state index in [0.29, 0.717) is 16.9 Å². The van der Waals surface area contributed by atoms with E-state index >= 15 is 0 Å². The molecule has 1 unspecified atom stereocenters. The van der Waals surface area contributed by atoms with Gasteiger partial charge in [-0.2, -0.15) is 5.26 Å². The van der Waals surface area contributed by atoms with Gasteiger partial charge in [0.25, 0.3) is 0 Å². The van der Waals surface area contributed by atoms with Crippen molar-refractivity contribution in [2.45, 2.75) is 13.0 Å². The molecule has 17 heavy (non-hydrogen) atoms. The zero-order valence-electron chi connectivity index (χ0n) is 9.51. The van der Waals surface area contributed by atoms with E-state index in [1.165, 1.54) is 0 Å². The van der Waals surface area contributed by atoms with Crippen LogP contribution in [0.3, 0.4) is 0 Å². The summed E-state index contributed by atoms with van der Waals surface area (Å²) in [5.41, 5.74) is 1.04. The molecule has 0 aromatic heterocycles. The lowest BCUT2D eigenvalue weighted by atomic mass is 10.1. The van der Waals surface area contributed by atoms with Crippen molar-refractivity contribution in [2.75, 3.05) is 0 Å². The van der Waals surface area contributed by atoms with Crippen LogP contribution < -0.4 is 4.74 Å². The number of aliphatic imine (C=N–C) groups is 1. The highest BCUT2D eigenvalue weighted by Gasteiger charge is 2.08. The van der Waals surface area contributed by atoms with Crippen LogP contribution in [-0.2, 0) is 4.79 Å². The van der Waals surface area contributed by atoms with Gasteiger partial charge in [-0.15, -0.1) is 0 Å². The molecule has 1 atom stereocenters. The number of nitriles is 1. The van der Waals surface area contributed by atoms with E-state index in [2.05, 4.69) is 18.3 Å². The van der Waals surface area contributed by atoms with E-state index in [0.717, 1.165) is 0 Å². The van der Waals surface area contributed by atoms with Crippen molar-refractivity contribution in [1.82, 2.24) is 0 Å². The van der Waals surface area contributed by atoms with Crippen LogP contribution in [0.25, 0.3) is 0 Å². The molecule has 1 aromatic carbocycles. The summed E-state index contributed by atoms with van der Waals surface area (Å²) in [5.74, 6) is -0.0704. The van der Waals surface area contributed by atoms with E-state index in [4.69, 9.17) is 10.00 Å². The maximum absolute atomic E-state index is 11.2. The molecule has 4 heteroatoms. The van der Waals surface area contributed by atoms with Gasteiger partial charge in [-0.1, -0.05) is 18.7 Å². The lowest BCUT2D eigenvalue weighted by Gasteiger charge is -2.06. The van der Waals surface area contributed by atoms with E-state index in [-0.39, 0.29) is 0 Å². The predicted molar refractivity (Wildman–Crippen MR) is 64.8 cm³/mol. The van der Waals surface area contributed by atoms with Crippen molar-refractivity contribution in [3.8, 4) is 11.8 Å². The zero-order valence-corrected chi connectivity index (χ0v) is 9.51. The van der Waals surface area contributed by atoms with Gasteiger partial charge in [-0.05, 0) is 31.3 Å². The van der Waals surface area contributed by atoms with Gasteiger partial charge in [0.1, 0.15) is 5.75 Å². The first kappa shape index (κ1) is 12.7. The summed E-state index contributed by atoms with van der Waals surface area (Å²) in [6.07, 6.45) is 0. The van der Waals surface area contributed by atoms with Crippen molar-refractivity contribution in [2.24, 2.45) is 4.99 Å². The molecule has 1 rings (SSSR count). The van der Waals surface area contributed by atoms with Crippen molar-refractivity contribution in [1.29, 1.82) is 5.26 Å². The average molecular weight is 228 g/mol. The fraction of sp³-hybridized carbons (Fsp3) is 0.154. The molecular weight excluding hydrogens is 216 g/mol. The highest BCUT2D eigenvalue weighted by Crippen LogP contribution is 2.20. The van der Waals surface area contributed by atoms with Gasteiger partial charge < -0.3 is 4.74 Å². The number of rotatable bonds is 4. The lowest BCUT2D eigenvalue weighted by Crippen LogP contribution is -2.08. The molecule has 0 saturated carbocycles. The number of hydrogen-bond donors (Lipinski definition) is 0. The Bertz CT molecular complexity index is 483. The molecule has 0 amide bonds. The second-order valence-electron chi connectivity index (χ2n) is 3.45. The number of carbonyl (C=O) groups is 1. The summed E-state index contributed by atoms with van der Waals surface area (Å²) >= 11 is 0. The molecule has 0 fully saturated rings. The highest BCUT2D eigenvalue weighted by atomic mass is 16.5. The molecule has 0 radical (unpaired) electrons. The Morgan fingerprint density at radius 2 is 2.06 bits per heavy atom. The Hall–Kier alpha value is -2.41. The zero-order chi connectivity index (χ0) is 12.8. The maximum atomic E-state index is 11.2. The molecule has 0 N–H and O–H groups in total. The summed E-state index contributed by atoms with van der Waals surface area (Å²) in [5, 5.41) is 8.79. The fourth-order valence-electron chi connectivity index (χ4n) is 1.13. The van der Waals surface area contributed by atoms with E-state index < -0.39 is 12.0 Å². The average Bonchev–Trinajstić information content (AvgIpc) is 2.32. The largest absolute Gasteiger partial charge is 0.423 e. The summed E-state index contributed by atoms with van der Waals surface area (Å²) in [6.45, 7) is 8.39. The van der Waals surface area contributed by atoms with Gasteiger partial charge in [0.15, 0.2) is 6.04 Å². The van der Waals surface area contributed by atoms with Crippen LogP contribution >= 0.6 is 0 Å². The maximum Gasteiger partial charge on any atom is 0.338 e. The van der Waals surface area contributed by atoms with Crippen LogP contribution in [0.5, 0.6) is 5.75 Å². The molecule has 1 aromatic rings. The Morgan fingerprint density at radius 1 is 1.47 bits per heavy atom. The van der Waals surface area contributed by atoms with Crippen molar-refractivity contribution in [3.05, 3.63) is 42.0 Å².